The zero-order valence-electron chi connectivity index (χ0n) is 10.8. The summed E-state index contributed by atoms with van der Waals surface area (Å²) in [4.78, 5) is 8.28. The average molecular weight is 278 g/mol. The number of hydrogen-bond donors (Lipinski definition) is 1. The third-order valence-electron chi connectivity index (χ3n) is 2.47. The van der Waals surface area contributed by atoms with Gasteiger partial charge in [-0.25, -0.2) is 4.98 Å². The van der Waals surface area contributed by atoms with Gasteiger partial charge in [-0.1, -0.05) is 24.6 Å². The molecular weight excluding hydrogens is 262 g/mol. The molecule has 0 saturated carbocycles. The summed E-state index contributed by atoms with van der Waals surface area (Å²) in [5, 5.41) is 3.79. The van der Waals surface area contributed by atoms with Gasteiger partial charge in [0.05, 0.1) is 11.2 Å². The van der Waals surface area contributed by atoms with Crippen molar-refractivity contribution in [2.24, 2.45) is 0 Å². The maximum atomic E-state index is 5.83. The Morgan fingerprint density at radius 1 is 1.26 bits per heavy atom. The van der Waals surface area contributed by atoms with E-state index >= 15 is 0 Å². The molecule has 0 atom stereocenters. The Morgan fingerprint density at radius 2 is 2.16 bits per heavy atom. The smallest absolute Gasteiger partial charge is 0.139 e. The molecule has 2 rings (SSSR count). The normalized spacial score (nSPS) is 10.2. The van der Waals surface area contributed by atoms with Crippen molar-refractivity contribution in [3.05, 3.63) is 47.4 Å². The molecule has 5 heteroatoms. The van der Waals surface area contributed by atoms with E-state index in [0.717, 1.165) is 24.3 Å². The quantitative estimate of drug-likeness (QED) is 0.877. The van der Waals surface area contributed by atoms with Crippen LogP contribution < -0.4 is 10.1 Å². The Bertz CT molecular complexity index is 516. The van der Waals surface area contributed by atoms with Crippen LogP contribution in [0.5, 0.6) is 5.75 Å². The highest BCUT2D eigenvalue weighted by atomic mass is 35.5. The number of hydrogen-bond acceptors (Lipinski definition) is 4. The van der Waals surface area contributed by atoms with Crippen molar-refractivity contribution >= 4 is 17.4 Å². The van der Waals surface area contributed by atoms with Crippen LogP contribution in [0.3, 0.4) is 0 Å². The molecule has 0 aliphatic carbocycles. The first-order chi connectivity index (χ1) is 9.28. The van der Waals surface area contributed by atoms with Crippen LogP contribution in [0.4, 0.5) is 5.82 Å². The van der Waals surface area contributed by atoms with Crippen molar-refractivity contribution in [3.8, 4) is 5.75 Å². The summed E-state index contributed by atoms with van der Waals surface area (Å²) in [6, 6.07) is 5.67. The van der Waals surface area contributed by atoms with Crippen LogP contribution in [0.15, 0.2) is 36.8 Å². The number of nitrogens with zero attached hydrogens (tertiary/aromatic N) is 2. The van der Waals surface area contributed by atoms with Gasteiger partial charge in [-0.3, -0.25) is 4.98 Å². The van der Waals surface area contributed by atoms with Crippen molar-refractivity contribution in [1.29, 1.82) is 0 Å². The average Bonchev–Trinajstić information content (AvgIpc) is 2.44. The lowest BCUT2D eigenvalue weighted by Gasteiger charge is -2.07. The number of rotatable bonds is 6. The van der Waals surface area contributed by atoms with E-state index < -0.39 is 0 Å². The highest BCUT2D eigenvalue weighted by Crippen LogP contribution is 2.16. The second-order valence-corrected chi connectivity index (χ2v) is 4.54. The van der Waals surface area contributed by atoms with Crippen molar-refractivity contribution in [2.45, 2.75) is 20.0 Å². The van der Waals surface area contributed by atoms with Gasteiger partial charge >= 0.3 is 0 Å². The minimum absolute atomic E-state index is 0.448. The van der Waals surface area contributed by atoms with E-state index in [-0.39, 0.29) is 0 Å². The van der Waals surface area contributed by atoms with Gasteiger partial charge in [0.15, 0.2) is 0 Å². The van der Waals surface area contributed by atoms with Gasteiger partial charge in [-0.2, -0.15) is 0 Å². The summed E-state index contributed by atoms with van der Waals surface area (Å²) >= 11 is 5.83. The zero-order valence-corrected chi connectivity index (χ0v) is 11.5. The molecule has 100 valence electrons. The first kappa shape index (κ1) is 13.6. The molecule has 4 nitrogen and oxygen atoms in total. The molecule has 0 unspecified atom stereocenters. The number of pyridine rings is 2. The number of nitrogens with one attached hydrogen (secondary N) is 1. The van der Waals surface area contributed by atoms with Crippen molar-refractivity contribution in [3.63, 3.8) is 0 Å². The molecule has 0 fully saturated rings. The second kappa shape index (κ2) is 6.95. The van der Waals surface area contributed by atoms with Crippen molar-refractivity contribution < 1.29 is 4.74 Å². The van der Waals surface area contributed by atoms with E-state index in [1.54, 1.807) is 24.7 Å². The summed E-state index contributed by atoms with van der Waals surface area (Å²) < 4.78 is 5.59. The maximum Gasteiger partial charge on any atom is 0.139 e. The Labute approximate surface area is 117 Å². The molecule has 2 aromatic rings. The maximum absolute atomic E-state index is 5.83. The monoisotopic (exact) mass is 277 g/mol. The Hall–Kier alpha value is -1.81. The fourth-order valence-electron chi connectivity index (χ4n) is 1.51. The summed E-state index contributed by atoms with van der Waals surface area (Å²) in [7, 11) is 0. The minimum atomic E-state index is 0.448. The molecular formula is C14H16ClN3O. The van der Waals surface area contributed by atoms with E-state index in [9.17, 15) is 0 Å². The van der Waals surface area contributed by atoms with Gasteiger partial charge < -0.3 is 10.1 Å². The molecule has 0 amide bonds. The Kier molecular flexibility index (Phi) is 4.98. The molecule has 0 saturated heterocycles. The van der Waals surface area contributed by atoms with Gasteiger partial charge in [-0.15, -0.1) is 0 Å². The number of anilines is 1. The topological polar surface area (TPSA) is 47.0 Å². The predicted molar refractivity (Wildman–Crippen MR) is 76.6 cm³/mol. The first-order valence-corrected chi connectivity index (χ1v) is 6.58. The zero-order chi connectivity index (χ0) is 13.5. The van der Waals surface area contributed by atoms with E-state index in [1.165, 1.54) is 0 Å². The highest BCUT2D eigenvalue weighted by molar-refractivity contribution is 6.30. The van der Waals surface area contributed by atoms with Crippen molar-refractivity contribution in [1.82, 2.24) is 9.97 Å². The summed E-state index contributed by atoms with van der Waals surface area (Å²) in [5.41, 5.74) is 1.00. The predicted octanol–water partition coefficient (Wildman–Crippen LogP) is 3.53. The summed E-state index contributed by atoms with van der Waals surface area (Å²) in [6.45, 7) is 3.49. The highest BCUT2D eigenvalue weighted by Gasteiger charge is 1.99. The summed E-state index contributed by atoms with van der Waals surface area (Å²) in [6.07, 6.45) is 6.09. The lowest BCUT2D eigenvalue weighted by molar-refractivity contribution is 0.304. The van der Waals surface area contributed by atoms with Gasteiger partial charge in [0.25, 0.3) is 0 Å². The fraction of sp³-hybridized carbons (Fsp3) is 0.286. The van der Waals surface area contributed by atoms with Crippen LogP contribution in [-0.2, 0) is 6.61 Å². The molecule has 0 spiro atoms. The number of aromatic nitrogens is 2. The standard InChI is InChI=1S/C14H16ClN3O/c1-2-5-17-14-4-3-11(7-18-14)10-19-13-6-12(15)8-16-9-13/h3-4,6-9H,2,5,10H2,1H3,(H,17,18). The van der Waals surface area contributed by atoms with Gasteiger partial charge in [0.2, 0.25) is 0 Å². The van der Waals surface area contributed by atoms with E-state index in [0.29, 0.717) is 17.4 Å². The third kappa shape index (κ3) is 4.41. The SMILES string of the molecule is CCCNc1ccc(COc2cncc(Cl)c2)cn1. The van der Waals surface area contributed by atoms with Gasteiger partial charge in [0.1, 0.15) is 18.2 Å². The number of halogens is 1. The van der Waals surface area contributed by atoms with Crippen LogP contribution >= 0.6 is 11.6 Å². The first-order valence-electron chi connectivity index (χ1n) is 6.20. The molecule has 2 aromatic heterocycles. The van der Waals surface area contributed by atoms with Crippen LogP contribution in [0, 0.1) is 0 Å². The van der Waals surface area contributed by atoms with E-state index in [4.69, 9.17) is 16.3 Å². The summed E-state index contributed by atoms with van der Waals surface area (Å²) in [5.74, 6) is 1.54. The molecule has 19 heavy (non-hydrogen) atoms. The molecule has 0 aliphatic heterocycles. The molecule has 1 N–H and O–H groups in total. The van der Waals surface area contributed by atoms with Crippen LogP contribution in [0.1, 0.15) is 18.9 Å². The van der Waals surface area contributed by atoms with Gasteiger partial charge in [-0.05, 0) is 12.5 Å². The number of ether oxygens (including phenoxy) is 1. The lowest BCUT2D eigenvalue weighted by atomic mass is 10.3. The minimum Gasteiger partial charge on any atom is -0.487 e. The van der Waals surface area contributed by atoms with E-state index in [2.05, 4.69) is 22.2 Å². The molecule has 0 bridgehead atoms. The molecule has 0 aliphatic rings. The van der Waals surface area contributed by atoms with E-state index in [1.807, 2.05) is 12.1 Å². The fourth-order valence-corrected chi connectivity index (χ4v) is 1.67. The van der Waals surface area contributed by atoms with Crippen LogP contribution in [-0.4, -0.2) is 16.5 Å². The van der Waals surface area contributed by atoms with Crippen molar-refractivity contribution in [2.75, 3.05) is 11.9 Å². The Balaban J connectivity index is 1.89. The lowest BCUT2D eigenvalue weighted by Crippen LogP contribution is -2.02. The third-order valence-corrected chi connectivity index (χ3v) is 2.67. The molecule has 0 aromatic carbocycles. The largest absolute Gasteiger partial charge is 0.487 e. The second-order valence-electron chi connectivity index (χ2n) is 4.11. The van der Waals surface area contributed by atoms with Gasteiger partial charge in [0, 0.05) is 30.6 Å². The molecule has 0 radical (unpaired) electrons. The Morgan fingerprint density at radius 3 is 2.84 bits per heavy atom. The molecule has 2 heterocycles. The van der Waals surface area contributed by atoms with Crippen LogP contribution in [0.25, 0.3) is 0 Å². The van der Waals surface area contributed by atoms with Crippen LogP contribution in [0.2, 0.25) is 5.02 Å².